The van der Waals surface area contributed by atoms with Crippen molar-refractivity contribution in [3.05, 3.63) is 76.0 Å². The van der Waals surface area contributed by atoms with E-state index in [2.05, 4.69) is 0 Å². The first-order chi connectivity index (χ1) is 10.1. The molecular formula is C17H8O4. The molecule has 3 aliphatic rings. The predicted octanol–water partition coefficient (Wildman–Crippen LogP) is 0.177. The second-order valence-corrected chi connectivity index (χ2v) is 5.09. The third-order valence-corrected chi connectivity index (χ3v) is 3.99. The third-order valence-electron chi connectivity index (χ3n) is 3.99. The van der Waals surface area contributed by atoms with Gasteiger partial charge in [-0.15, -0.1) is 0 Å². The van der Waals surface area contributed by atoms with Crippen LogP contribution in [0.3, 0.4) is 0 Å². The van der Waals surface area contributed by atoms with Crippen LogP contribution in [0.1, 0.15) is 12.0 Å². The third kappa shape index (κ3) is 1.34. The highest BCUT2D eigenvalue weighted by atomic mass is 16.2. The van der Waals surface area contributed by atoms with E-state index in [1.54, 1.807) is 18.2 Å². The number of benzene rings is 3. The summed E-state index contributed by atoms with van der Waals surface area (Å²) < 4.78 is 0. The van der Waals surface area contributed by atoms with E-state index >= 15 is 0 Å². The van der Waals surface area contributed by atoms with E-state index in [4.69, 9.17) is 0 Å². The van der Waals surface area contributed by atoms with Crippen molar-refractivity contribution in [3.63, 3.8) is 0 Å². The van der Waals surface area contributed by atoms with Crippen LogP contribution in [0.15, 0.2) is 43.5 Å². The van der Waals surface area contributed by atoms with E-state index in [0.29, 0.717) is 17.5 Å². The monoisotopic (exact) mass is 276 g/mol. The van der Waals surface area contributed by atoms with Gasteiger partial charge in [-0.05, 0) is 6.42 Å². The van der Waals surface area contributed by atoms with Gasteiger partial charge in [0.15, 0.2) is 0 Å². The van der Waals surface area contributed by atoms with Gasteiger partial charge in [0.2, 0.25) is 21.7 Å². The quantitative estimate of drug-likeness (QED) is 0.549. The Hall–Kier alpha value is -2.88. The summed E-state index contributed by atoms with van der Waals surface area (Å²) in [6.07, 6.45) is 5.37. The fourth-order valence-electron chi connectivity index (χ4n) is 3.06. The van der Waals surface area contributed by atoms with E-state index < -0.39 is 21.7 Å². The summed E-state index contributed by atoms with van der Waals surface area (Å²) in [6.45, 7) is 0. The standard InChI is InChI=1S/C17H8O4/c18-14-8-4-1-2-5-9-12(8)13-10(16(14)20)6-3-7-11(13)17(21)15(9)19/h1,3-7H,2H2. The maximum Gasteiger partial charge on any atom is 0.234 e. The molecule has 3 aliphatic carbocycles. The summed E-state index contributed by atoms with van der Waals surface area (Å²) in [5.41, 5.74) is -1.41. The minimum Gasteiger partial charge on any atom is -0.285 e. The Morgan fingerprint density at radius 1 is 0.762 bits per heavy atom. The van der Waals surface area contributed by atoms with E-state index in [0.717, 1.165) is 0 Å². The molecule has 0 bridgehead atoms. The summed E-state index contributed by atoms with van der Waals surface area (Å²) in [5.74, 6) is 0. The van der Waals surface area contributed by atoms with Gasteiger partial charge in [0.05, 0.1) is 0 Å². The van der Waals surface area contributed by atoms with Crippen molar-refractivity contribution < 1.29 is 0 Å². The van der Waals surface area contributed by atoms with Crippen LogP contribution < -0.4 is 26.9 Å². The SMILES string of the molecule is O=c1c2c3c(c(=O)c(=O)c4cccc(c4-3)c1=O)=CCC=C2. The van der Waals surface area contributed by atoms with Gasteiger partial charge in [-0.2, -0.15) is 0 Å². The molecule has 0 spiro atoms. The summed E-state index contributed by atoms with van der Waals surface area (Å²) in [7, 11) is 0. The second-order valence-electron chi connectivity index (χ2n) is 5.09. The summed E-state index contributed by atoms with van der Waals surface area (Å²) in [5, 5.41) is 0.650. The molecule has 0 aromatic heterocycles. The normalized spacial score (nSPS) is 13.5. The second kappa shape index (κ2) is 3.82. The summed E-state index contributed by atoms with van der Waals surface area (Å²) >= 11 is 0. The molecule has 0 amide bonds. The Morgan fingerprint density at radius 3 is 2.14 bits per heavy atom. The highest BCUT2D eigenvalue weighted by Crippen LogP contribution is 2.28. The lowest BCUT2D eigenvalue weighted by molar-refractivity contribution is 1.38. The largest absolute Gasteiger partial charge is 0.285 e. The van der Waals surface area contributed by atoms with Gasteiger partial charge >= 0.3 is 0 Å². The van der Waals surface area contributed by atoms with Crippen LogP contribution in [-0.2, 0) is 0 Å². The van der Waals surface area contributed by atoms with Crippen LogP contribution in [0, 0.1) is 0 Å². The zero-order chi connectivity index (χ0) is 14.7. The lowest BCUT2D eigenvalue weighted by Gasteiger charge is -2.12. The van der Waals surface area contributed by atoms with Crippen molar-refractivity contribution in [3.8, 4) is 11.1 Å². The first-order valence-electron chi connectivity index (χ1n) is 6.54. The zero-order valence-corrected chi connectivity index (χ0v) is 10.8. The first-order valence-corrected chi connectivity index (χ1v) is 6.54. The van der Waals surface area contributed by atoms with Crippen LogP contribution in [0.25, 0.3) is 34.1 Å². The Balaban J connectivity index is 2.59. The topological polar surface area (TPSA) is 68.3 Å². The minimum absolute atomic E-state index is 0.207. The van der Waals surface area contributed by atoms with Crippen molar-refractivity contribution in [2.45, 2.75) is 6.42 Å². The van der Waals surface area contributed by atoms with Crippen LogP contribution >= 0.6 is 0 Å². The Morgan fingerprint density at radius 2 is 1.43 bits per heavy atom. The van der Waals surface area contributed by atoms with Crippen molar-refractivity contribution in [2.24, 2.45) is 0 Å². The van der Waals surface area contributed by atoms with Gasteiger partial charge in [-0.25, -0.2) is 0 Å². The number of allylic oxidation sites excluding steroid dienone is 1. The molecule has 21 heavy (non-hydrogen) atoms. The molecular weight excluding hydrogens is 268 g/mol. The lowest BCUT2D eigenvalue weighted by Crippen LogP contribution is -2.42. The lowest BCUT2D eigenvalue weighted by atomic mass is 9.88. The van der Waals surface area contributed by atoms with Crippen LogP contribution in [-0.4, -0.2) is 0 Å². The molecule has 100 valence electrons. The van der Waals surface area contributed by atoms with Gasteiger partial charge < -0.3 is 0 Å². The van der Waals surface area contributed by atoms with Crippen LogP contribution in [0.2, 0.25) is 0 Å². The molecule has 0 radical (unpaired) electrons. The molecule has 0 heterocycles. The maximum absolute atomic E-state index is 12.3. The van der Waals surface area contributed by atoms with Crippen molar-refractivity contribution >= 4 is 22.9 Å². The molecule has 1 aromatic carbocycles. The molecule has 4 rings (SSSR count). The van der Waals surface area contributed by atoms with Crippen molar-refractivity contribution in [2.75, 3.05) is 0 Å². The smallest absolute Gasteiger partial charge is 0.234 e. The number of hydrogen-bond acceptors (Lipinski definition) is 4. The van der Waals surface area contributed by atoms with Gasteiger partial charge in [-0.3, -0.25) is 19.2 Å². The molecule has 0 fully saturated rings. The molecule has 0 N–H and O–H groups in total. The molecule has 1 aromatic rings. The fourth-order valence-corrected chi connectivity index (χ4v) is 3.06. The molecule has 0 saturated carbocycles. The Labute approximate surface area is 117 Å². The zero-order valence-electron chi connectivity index (χ0n) is 10.8. The molecule has 0 unspecified atom stereocenters. The van der Waals surface area contributed by atoms with E-state index in [1.807, 2.05) is 0 Å². The predicted molar refractivity (Wildman–Crippen MR) is 81.4 cm³/mol. The van der Waals surface area contributed by atoms with Crippen LogP contribution in [0.4, 0.5) is 0 Å². The van der Waals surface area contributed by atoms with E-state index in [9.17, 15) is 19.2 Å². The Kier molecular flexibility index (Phi) is 2.17. The molecule has 0 saturated heterocycles. The van der Waals surface area contributed by atoms with E-state index in [-0.39, 0.29) is 21.6 Å². The number of rotatable bonds is 0. The number of hydrogen-bond donors (Lipinski definition) is 0. The molecule has 4 heteroatoms. The molecule has 0 atom stereocenters. The summed E-state index contributed by atoms with van der Waals surface area (Å²) in [6, 6.07) is 4.58. The maximum atomic E-state index is 12.3. The molecule has 0 aliphatic heterocycles. The highest BCUT2D eigenvalue weighted by Gasteiger charge is 2.24. The highest BCUT2D eigenvalue weighted by molar-refractivity contribution is 6.01. The fraction of sp³-hybridized carbons (Fsp3) is 0.0588. The van der Waals surface area contributed by atoms with E-state index in [1.165, 1.54) is 18.2 Å². The minimum atomic E-state index is -0.626. The average molecular weight is 276 g/mol. The molecule has 4 nitrogen and oxygen atoms in total. The van der Waals surface area contributed by atoms with Gasteiger partial charge in [0, 0.05) is 32.7 Å². The van der Waals surface area contributed by atoms with Crippen LogP contribution in [0.5, 0.6) is 0 Å². The Bertz CT molecular complexity index is 1170. The first kappa shape index (κ1) is 11.9. The van der Waals surface area contributed by atoms with Gasteiger partial charge in [0.1, 0.15) is 0 Å². The van der Waals surface area contributed by atoms with Crippen molar-refractivity contribution in [1.82, 2.24) is 0 Å². The van der Waals surface area contributed by atoms with Gasteiger partial charge in [0.25, 0.3) is 0 Å². The van der Waals surface area contributed by atoms with Gasteiger partial charge in [-0.1, -0.05) is 36.4 Å². The summed E-state index contributed by atoms with van der Waals surface area (Å²) in [4.78, 5) is 49.0. The average Bonchev–Trinajstić information content (AvgIpc) is 2.72. The van der Waals surface area contributed by atoms with Crippen molar-refractivity contribution in [1.29, 1.82) is 0 Å².